The van der Waals surface area contributed by atoms with E-state index in [2.05, 4.69) is 26.6 Å². The molecule has 0 saturated heterocycles. The van der Waals surface area contributed by atoms with Gasteiger partial charge < -0.3 is 10.6 Å². The number of carbonyl (C=O) groups excluding carboxylic acids is 1. The van der Waals surface area contributed by atoms with Crippen LogP contribution in [0.1, 0.15) is 10.4 Å². The first-order valence-electron chi connectivity index (χ1n) is 5.85. The highest BCUT2D eigenvalue weighted by Crippen LogP contribution is 2.26. The third kappa shape index (κ3) is 3.51. The molecule has 0 unspecified atom stereocenters. The number of halogens is 4. The lowest BCUT2D eigenvalue weighted by Gasteiger charge is -2.09. The molecule has 0 atom stereocenters. The monoisotopic (exact) mass is 374 g/mol. The summed E-state index contributed by atoms with van der Waals surface area (Å²) in [6.45, 7) is 0. The van der Waals surface area contributed by atoms with Gasteiger partial charge in [0.1, 0.15) is 17.3 Å². The fourth-order valence-electron chi connectivity index (χ4n) is 1.72. The molecule has 2 N–H and O–H groups in total. The van der Waals surface area contributed by atoms with E-state index >= 15 is 0 Å². The van der Waals surface area contributed by atoms with Crippen molar-refractivity contribution in [2.75, 3.05) is 17.7 Å². The van der Waals surface area contributed by atoms with Crippen molar-refractivity contribution in [3.05, 3.63) is 57.0 Å². The van der Waals surface area contributed by atoms with Gasteiger partial charge in [-0.1, -0.05) is 11.6 Å². The molecule has 110 valence electrons. The van der Waals surface area contributed by atoms with Gasteiger partial charge >= 0.3 is 0 Å². The van der Waals surface area contributed by atoms with Crippen molar-refractivity contribution in [3.8, 4) is 0 Å². The molecule has 2 aromatic carbocycles. The summed E-state index contributed by atoms with van der Waals surface area (Å²) in [5.41, 5.74) is 0.0213. The second-order valence-electron chi connectivity index (χ2n) is 4.15. The summed E-state index contributed by atoms with van der Waals surface area (Å²) in [7, 11) is 1.39. The van der Waals surface area contributed by atoms with Crippen LogP contribution >= 0.6 is 27.5 Å². The summed E-state index contributed by atoms with van der Waals surface area (Å²) >= 11 is 9.13. The number of benzene rings is 2. The Morgan fingerprint density at radius 2 is 1.81 bits per heavy atom. The molecule has 7 heteroatoms. The lowest BCUT2D eigenvalue weighted by Crippen LogP contribution is -2.13. The van der Waals surface area contributed by atoms with Crippen molar-refractivity contribution < 1.29 is 13.6 Å². The van der Waals surface area contributed by atoms with Gasteiger partial charge in [-0.25, -0.2) is 8.78 Å². The van der Waals surface area contributed by atoms with Crippen LogP contribution in [0, 0.1) is 11.6 Å². The third-order valence-corrected chi connectivity index (χ3v) is 3.96. The number of anilines is 2. The number of rotatable bonds is 3. The topological polar surface area (TPSA) is 41.1 Å². The van der Waals surface area contributed by atoms with Crippen LogP contribution in [0.3, 0.4) is 0 Å². The normalized spacial score (nSPS) is 10.3. The van der Waals surface area contributed by atoms with Gasteiger partial charge in [-0.3, -0.25) is 4.79 Å². The van der Waals surface area contributed by atoms with Gasteiger partial charge in [0, 0.05) is 22.8 Å². The Hall–Kier alpha value is -1.66. The second kappa shape index (κ2) is 6.41. The van der Waals surface area contributed by atoms with E-state index in [0.717, 1.165) is 12.1 Å². The van der Waals surface area contributed by atoms with Crippen molar-refractivity contribution >= 4 is 44.8 Å². The molecule has 0 bridgehead atoms. The Bertz CT molecular complexity index is 686. The Morgan fingerprint density at radius 3 is 2.33 bits per heavy atom. The molecule has 21 heavy (non-hydrogen) atoms. The second-order valence-corrected chi connectivity index (χ2v) is 5.41. The van der Waals surface area contributed by atoms with E-state index in [1.807, 2.05) is 0 Å². The predicted molar refractivity (Wildman–Crippen MR) is 83.0 cm³/mol. The number of amides is 1. The van der Waals surface area contributed by atoms with Crippen LogP contribution in [0.4, 0.5) is 20.2 Å². The quantitative estimate of drug-likeness (QED) is 0.818. The molecule has 0 aliphatic heterocycles. The van der Waals surface area contributed by atoms with E-state index in [-0.39, 0.29) is 11.3 Å². The summed E-state index contributed by atoms with van der Waals surface area (Å²) in [5.74, 6) is -2.30. The van der Waals surface area contributed by atoms with E-state index < -0.39 is 17.5 Å². The summed E-state index contributed by atoms with van der Waals surface area (Å²) < 4.78 is 27.9. The molecule has 0 radical (unpaired) electrons. The fraction of sp³-hybridized carbons (Fsp3) is 0.0714. The predicted octanol–water partition coefficient (Wildman–Crippen LogP) is 4.67. The van der Waals surface area contributed by atoms with Gasteiger partial charge in [-0.2, -0.15) is 0 Å². The molecular formula is C14H10BrClF2N2O. The molecule has 0 fully saturated rings. The molecule has 0 aliphatic carbocycles. The highest BCUT2D eigenvalue weighted by atomic mass is 79.9. The lowest BCUT2D eigenvalue weighted by molar-refractivity contribution is 0.102. The van der Waals surface area contributed by atoms with Gasteiger partial charge in [0.2, 0.25) is 0 Å². The van der Waals surface area contributed by atoms with Crippen LogP contribution in [0.5, 0.6) is 0 Å². The van der Waals surface area contributed by atoms with Crippen molar-refractivity contribution in [2.45, 2.75) is 0 Å². The molecule has 1 amide bonds. The molecule has 0 spiro atoms. The van der Waals surface area contributed by atoms with Gasteiger partial charge in [0.15, 0.2) is 0 Å². The smallest absolute Gasteiger partial charge is 0.255 e. The minimum absolute atomic E-state index is 0.122. The van der Waals surface area contributed by atoms with Crippen molar-refractivity contribution in [2.24, 2.45) is 0 Å². The highest BCUT2D eigenvalue weighted by Gasteiger charge is 2.14. The summed E-state index contributed by atoms with van der Waals surface area (Å²) in [4.78, 5) is 12.0. The van der Waals surface area contributed by atoms with Crippen LogP contribution in [0.2, 0.25) is 5.02 Å². The molecular weight excluding hydrogens is 366 g/mol. The first-order chi connectivity index (χ1) is 9.92. The molecule has 0 aromatic heterocycles. The summed E-state index contributed by atoms with van der Waals surface area (Å²) in [5, 5.41) is 5.32. The zero-order valence-electron chi connectivity index (χ0n) is 10.8. The maximum Gasteiger partial charge on any atom is 0.255 e. The lowest BCUT2D eigenvalue weighted by atomic mass is 10.1. The van der Waals surface area contributed by atoms with Gasteiger partial charge in [-0.15, -0.1) is 0 Å². The molecule has 2 aromatic rings. The van der Waals surface area contributed by atoms with Crippen molar-refractivity contribution in [1.82, 2.24) is 0 Å². The Kier molecular flexibility index (Phi) is 4.80. The van der Waals surface area contributed by atoms with E-state index in [1.54, 1.807) is 12.1 Å². The first kappa shape index (κ1) is 15.7. The third-order valence-electron chi connectivity index (χ3n) is 2.73. The van der Waals surface area contributed by atoms with Crippen LogP contribution in [-0.2, 0) is 0 Å². The zero-order chi connectivity index (χ0) is 15.6. The molecule has 0 aliphatic rings. The minimum atomic E-state index is -0.837. The largest absolute Gasteiger partial charge is 0.383 e. The Morgan fingerprint density at radius 1 is 1.19 bits per heavy atom. The van der Waals surface area contributed by atoms with Gasteiger partial charge in [0.05, 0.1) is 5.02 Å². The Labute approximate surface area is 133 Å². The molecule has 2 rings (SSSR count). The van der Waals surface area contributed by atoms with Crippen molar-refractivity contribution in [3.63, 3.8) is 0 Å². The Balaban J connectivity index is 2.26. The first-order valence-corrected chi connectivity index (χ1v) is 7.02. The zero-order valence-corrected chi connectivity index (χ0v) is 13.1. The standard InChI is InChI=1S/C14H10BrClF2N2O/c1-19-13-11(17)4-7(5-12(13)18)14(21)20-8-2-3-9(15)10(16)6-8/h2-6,19H,1H3,(H,20,21). The summed E-state index contributed by atoms with van der Waals surface area (Å²) in [6, 6.07) is 6.72. The summed E-state index contributed by atoms with van der Waals surface area (Å²) in [6.07, 6.45) is 0. The highest BCUT2D eigenvalue weighted by molar-refractivity contribution is 9.10. The van der Waals surface area contributed by atoms with Crippen LogP contribution in [-0.4, -0.2) is 13.0 Å². The van der Waals surface area contributed by atoms with E-state index in [0.29, 0.717) is 15.2 Å². The average molecular weight is 376 g/mol. The molecule has 3 nitrogen and oxygen atoms in total. The number of hydrogen-bond acceptors (Lipinski definition) is 2. The maximum atomic E-state index is 13.6. The number of nitrogens with one attached hydrogen (secondary N) is 2. The van der Waals surface area contributed by atoms with Gasteiger partial charge in [0.25, 0.3) is 5.91 Å². The number of carbonyl (C=O) groups is 1. The molecule has 0 heterocycles. The van der Waals surface area contributed by atoms with E-state index in [9.17, 15) is 13.6 Å². The minimum Gasteiger partial charge on any atom is -0.383 e. The van der Waals surface area contributed by atoms with E-state index in [1.165, 1.54) is 13.1 Å². The number of hydrogen-bond donors (Lipinski definition) is 2. The fourth-order valence-corrected chi connectivity index (χ4v) is 2.15. The van der Waals surface area contributed by atoms with E-state index in [4.69, 9.17) is 11.6 Å². The van der Waals surface area contributed by atoms with Crippen LogP contribution in [0.15, 0.2) is 34.8 Å². The van der Waals surface area contributed by atoms with Crippen LogP contribution in [0.25, 0.3) is 0 Å². The average Bonchev–Trinajstić information content (AvgIpc) is 2.42. The van der Waals surface area contributed by atoms with Gasteiger partial charge in [-0.05, 0) is 46.3 Å². The maximum absolute atomic E-state index is 13.6. The SMILES string of the molecule is CNc1c(F)cc(C(=O)Nc2ccc(Br)c(Cl)c2)cc1F. The van der Waals surface area contributed by atoms with Crippen molar-refractivity contribution in [1.29, 1.82) is 0 Å². The molecule has 0 saturated carbocycles. The van der Waals surface area contributed by atoms with Crippen LogP contribution < -0.4 is 10.6 Å².